The highest BCUT2D eigenvalue weighted by Crippen LogP contribution is 2.36. The van der Waals surface area contributed by atoms with Gasteiger partial charge in [-0.1, -0.05) is 0 Å². The lowest BCUT2D eigenvalue weighted by atomic mass is 10.1. The molecule has 0 N–H and O–H groups in total. The number of aromatic nitrogens is 1. The Morgan fingerprint density at radius 1 is 1.42 bits per heavy atom. The third kappa shape index (κ3) is 2.43. The molecule has 8 heteroatoms. The van der Waals surface area contributed by atoms with Crippen LogP contribution in [0.4, 0.5) is 8.78 Å². The number of pyridine rings is 1. The van der Waals surface area contributed by atoms with E-state index in [0.29, 0.717) is 0 Å². The number of carbonyl (C=O) groups excluding carboxylic acids is 1. The second-order valence-corrected chi connectivity index (χ2v) is 5.26. The zero-order chi connectivity index (χ0) is 17.4. The summed E-state index contributed by atoms with van der Waals surface area (Å²) in [6.07, 6.45) is -0.603. The van der Waals surface area contributed by atoms with Crippen LogP contribution in [0.2, 0.25) is 0 Å². The molecular formula is C16H15F2NO5. The predicted octanol–water partition coefficient (Wildman–Crippen LogP) is 2.19. The summed E-state index contributed by atoms with van der Waals surface area (Å²) in [5.41, 5.74) is -1.10. The molecular weight excluding hydrogens is 324 g/mol. The Labute approximate surface area is 135 Å². The van der Waals surface area contributed by atoms with Gasteiger partial charge in [0.05, 0.1) is 24.1 Å². The molecule has 2 heterocycles. The number of carbonyl (C=O) groups is 1. The number of hydrogen-bond acceptors (Lipinski definition) is 5. The van der Waals surface area contributed by atoms with Crippen molar-refractivity contribution in [2.24, 2.45) is 0 Å². The molecule has 1 aromatic heterocycles. The summed E-state index contributed by atoms with van der Waals surface area (Å²) in [6, 6.07) is 1.27. The zero-order valence-electron chi connectivity index (χ0n) is 13.0. The van der Waals surface area contributed by atoms with E-state index >= 15 is 0 Å². The van der Waals surface area contributed by atoms with Gasteiger partial charge in [0.2, 0.25) is 5.43 Å². The van der Waals surface area contributed by atoms with E-state index in [4.69, 9.17) is 14.2 Å². The third-order valence-corrected chi connectivity index (χ3v) is 3.82. The Balaban J connectivity index is 2.36. The predicted molar refractivity (Wildman–Crippen MR) is 80.6 cm³/mol. The summed E-state index contributed by atoms with van der Waals surface area (Å²) in [4.78, 5) is 24.5. The molecule has 0 saturated heterocycles. The van der Waals surface area contributed by atoms with Crippen molar-refractivity contribution in [3.8, 4) is 5.75 Å². The fourth-order valence-electron chi connectivity index (χ4n) is 2.78. The molecule has 1 aliphatic heterocycles. The molecule has 0 amide bonds. The van der Waals surface area contributed by atoms with Gasteiger partial charge >= 0.3 is 5.97 Å². The lowest BCUT2D eigenvalue weighted by Crippen LogP contribution is -2.35. The molecule has 0 radical (unpaired) electrons. The van der Waals surface area contributed by atoms with Crippen LogP contribution < -0.4 is 10.2 Å². The Morgan fingerprint density at radius 2 is 2.17 bits per heavy atom. The van der Waals surface area contributed by atoms with Gasteiger partial charge in [0, 0.05) is 13.3 Å². The van der Waals surface area contributed by atoms with Crippen LogP contribution in [0.25, 0.3) is 10.9 Å². The highest BCUT2D eigenvalue weighted by molar-refractivity contribution is 5.95. The summed E-state index contributed by atoms with van der Waals surface area (Å²) in [7, 11) is 1.37. The topological polar surface area (TPSA) is 66.8 Å². The van der Waals surface area contributed by atoms with Crippen LogP contribution in [-0.2, 0) is 9.47 Å². The van der Waals surface area contributed by atoms with Crippen molar-refractivity contribution < 1.29 is 27.8 Å². The van der Waals surface area contributed by atoms with E-state index in [-0.39, 0.29) is 35.4 Å². The van der Waals surface area contributed by atoms with Crippen LogP contribution in [0.1, 0.15) is 23.3 Å². The minimum atomic E-state index is -1.77. The molecule has 2 unspecified atom stereocenters. The van der Waals surface area contributed by atoms with Crippen LogP contribution >= 0.6 is 0 Å². The van der Waals surface area contributed by atoms with Gasteiger partial charge in [0.25, 0.3) is 6.36 Å². The van der Waals surface area contributed by atoms with Gasteiger partial charge in [0.15, 0.2) is 0 Å². The minimum Gasteiger partial charge on any atom is -0.462 e. The largest absolute Gasteiger partial charge is 0.462 e. The average Bonchev–Trinajstić information content (AvgIpc) is 2.55. The van der Waals surface area contributed by atoms with E-state index < -0.39 is 29.6 Å². The van der Waals surface area contributed by atoms with E-state index in [9.17, 15) is 18.4 Å². The van der Waals surface area contributed by atoms with Crippen molar-refractivity contribution in [1.29, 1.82) is 0 Å². The maximum absolute atomic E-state index is 14.3. The lowest BCUT2D eigenvalue weighted by Gasteiger charge is -2.31. The summed E-state index contributed by atoms with van der Waals surface area (Å²) < 4.78 is 44.8. The number of methoxy groups -OCH3 is 1. The van der Waals surface area contributed by atoms with Crippen LogP contribution in [0.3, 0.4) is 0 Å². The quantitative estimate of drug-likeness (QED) is 0.799. The Morgan fingerprint density at radius 3 is 2.83 bits per heavy atom. The zero-order valence-corrected chi connectivity index (χ0v) is 13.0. The van der Waals surface area contributed by atoms with E-state index in [1.165, 1.54) is 23.9 Å². The number of alkyl halides is 1. The molecule has 1 aromatic carbocycles. The Bertz CT molecular complexity index is 864. The van der Waals surface area contributed by atoms with E-state index in [0.717, 1.165) is 6.07 Å². The highest BCUT2D eigenvalue weighted by Gasteiger charge is 2.34. The second-order valence-electron chi connectivity index (χ2n) is 5.26. The maximum Gasteiger partial charge on any atom is 0.343 e. The van der Waals surface area contributed by atoms with Gasteiger partial charge in [-0.25, -0.2) is 9.18 Å². The molecule has 0 bridgehead atoms. The fourth-order valence-corrected chi connectivity index (χ4v) is 2.78. The number of hydrogen-bond donors (Lipinski definition) is 0. The van der Waals surface area contributed by atoms with Crippen molar-refractivity contribution >= 4 is 16.9 Å². The lowest BCUT2D eigenvalue weighted by molar-refractivity contribution is -0.0199. The number of ether oxygens (including phenoxy) is 3. The molecule has 128 valence electrons. The Hall–Kier alpha value is -2.48. The first-order chi connectivity index (χ1) is 11.5. The molecule has 24 heavy (non-hydrogen) atoms. The monoisotopic (exact) mass is 339 g/mol. The number of halogens is 2. The second kappa shape index (κ2) is 6.20. The van der Waals surface area contributed by atoms with Gasteiger partial charge in [-0.2, -0.15) is 4.39 Å². The molecule has 1 aliphatic rings. The molecule has 3 rings (SSSR count). The van der Waals surface area contributed by atoms with Gasteiger partial charge in [-0.3, -0.25) is 4.79 Å². The van der Waals surface area contributed by atoms with Crippen molar-refractivity contribution in [2.45, 2.75) is 19.3 Å². The average molecular weight is 339 g/mol. The Kier molecular flexibility index (Phi) is 4.23. The summed E-state index contributed by atoms with van der Waals surface area (Å²) in [6.45, 7) is 1.55. The van der Waals surface area contributed by atoms with E-state index in [2.05, 4.69) is 0 Å². The highest BCUT2D eigenvalue weighted by atomic mass is 19.1. The number of benzene rings is 1. The van der Waals surface area contributed by atoms with Crippen LogP contribution in [0.5, 0.6) is 5.75 Å². The van der Waals surface area contributed by atoms with Crippen LogP contribution in [0, 0.1) is 5.82 Å². The minimum absolute atomic E-state index is 0.0266. The molecule has 6 nitrogen and oxygen atoms in total. The third-order valence-electron chi connectivity index (χ3n) is 3.82. The van der Waals surface area contributed by atoms with Crippen molar-refractivity contribution in [3.63, 3.8) is 0 Å². The van der Waals surface area contributed by atoms with E-state index in [1.54, 1.807) is 6.92 Å². The molecule has 0 fully saturated rings. The first-order valence-electron chi connectivity index (χ1n) is 7.33. The molecule has 0 spiro atoms. The standard InChI is InChI=1S/C16H15F2NO5/c1-3-23-16(21)8-6-19-10(7-22-2)15(18)24-11-5-4-9(17)12(13(11)19)14(8)20/h4-6,10,15H,3,7H2,1-2H3. The number of nitrogens with zero attached hydrogens (tertiary/aromatic N) is 1. The normalized spacial score (nSPS) is 19.2. The summed E-state index contributed by atoms with van der Waals surface area (Å²) >= 11 is 0. The number of rotatable bonds is 4. The van der Waals surface area contributed by atoms with Crippen molar-refractivity contribution in [3.05, 3.63) is 39.9 Å². The van der Waals surface area contributed by atoms with Gasteiger partial charge in [0.1, 0.15) is 23.2 Å². The van der Waals surface area contributed by atoms with Gasteiger partial charge in [-0.05, 0) is 19.1 Å². The molecule has 2 aromatic rings. The van der Waals surface area contributed by atoms with E-state index in [1.807, 2.05) is 0 Å². The van der Waals surface area contributed by atoms with Gasteiger partial charge in [-0.15, -0.1) is 0 Å². The first kappa shape index (κ1) is 16.4. The fraction of sp³-hybridized carbons (Fsp3) is 0.375. The molecule has 0 aliphatic carbocycles. The summed E-state index contributed by atoms with van der Waals surface area (Å²) in [5, 5.41) is -0.342. The van der Waals surface area contributed by atoms with Crippen LogP contribution in [0.15, 0.2) is 23.1 Å². The maximum atomic E-state index is 14.3. The van der Waals surface area contributed by atoms with Crippen molar-refractivity contribution in [1.82, 2.24) is 4.57 Å². The molecule has 2 atom stereocenters. The number of esters is 1. The van der Waals surface area contributed by atoms with Crippen molar-refractivity contribution in [2.75, 3.05) is 20.3 Å². The first-order valence-corrected chi connectivity index (χ1v) is 7.33. The summed E-state index contributed by atoms with van der Waals surface area (Å²) in [5.74, 6) is -1.69. The SMILES string of the molecule is CCOC(=O)c1cn2c3c(ccc(F)c3c1=O)OC(F)C2COC. The van der Waals surface area contributed by atoms with Crippen LogP contribution in [-0.4, -0.2) is 37.2 Å². The molecule has 0 saturated carbocycles. The smallest absolute Gasteiger partial charge is 0.343 e. The van der Waals surface area contributed by atoms with Gasteiger partial charge < -0.3 is 18.8 Å².